The van der Waals surface area contributed by atoms with Crippen molar-refractivity contribution in [2.24, 2.45) is 5.92 Å². The predicted molar refractivity (Wildman–Crippen MR) is 77.1 cm³/mol. The number of carboxylic acids is 1. The fraction of sp³-hybridized carbons (Fsp3) is 0.400. The van der Waals surface area contributed by atoms with Gasteiger partial charge >= 0.3 is 5.97 Å². The molecule has 3 N–H and O–H groups in total. The lowest BCUT2D eigenvalue weighted by atomic mass is 10.1. The first kappa shape index (κ1) is 15.0. The standard InChI is InChI=1S/C15H18N2O4/c1-8-3-4-10(14(19)16-11-5-6-11)7-12(8)17-13(18)9(2)15(20)21/h3-4,7,9,11H,5-6H2,1-2H3,(H,16,19)(H,17,18)(H,20,21)/t9-/m1/s1. The zero-order chi connectivity index (χ0) is 15.6. The van der Waals surface area contributed by atoms with E-state index in [1.807, 2.05) is 0 Å². The Bertz CT molecular complexity index is 593. The zero-order valence-corrected chi connectivity index (χ0v) is 12.0. The van der Waals surface area contributed by atoms with Crippen LogP contribution >= 0.6 is 0 Å². The molecule has 2 amide bonds. The number of hydrogen-bond donors (Lipinski definition) is 3. The van der Waals surface area contributed by atoms with Crippen LogP contribution in [-0.2, 0) is 9.59 Å². The van der Waals surface area contributed by atoms with Gasteiger partial charge in [-0.2, -0.15) is 0 Å². The largest absolute Gasteiger partial charge is 0.481 e. The van der Waals surface area contributed by atoms with Gasteiger partial charge in [0.2, 0.25) is 5.91 Å². The molecule has 1 aliphatic rings. The van der Waals surface area contributed by atoms with E-state index in [-0.39, 0.29) is 11.9 Å². The number of amides is 2. The molecular formula is C15H18N2O4. The number of hydrogen-bond acceptors (Lipinski definition) is 3. The maximum absolute atomic E-state index is 12.0. The van der Waals surface area contributed by atoms with Crippen LogP contribution in [0.15, 0.2) is 18.2 Å². The Kier molecular flexibility index (Phi) is 4.26. The van der Waals surface area contributed by atoms with Crippen molar-refractivity contribution in [2.45, 2.75) is 32.7 Å². The van der Waals surface area contributed by atoms with Gasteiger partial charge in [0, 0.05) is 17.3 Å². The van der Waals surface area contributed by atoms with E-state index in [1.165, 1.54) is 6.92 Å². The summed E-state index contributed by atoms with van der Waals surface area (Å²) in [6, 6.07) is 5.23. The molecular weight excluding hydrogens is 272 g/mol. The van der Waals surface area contributed by atoms with E-state index in [0.29, 0.717) is 11.3 Å². The fourth-order valence-electron chi connectivity index (χ4n) is 1.75. The third kappa shape index (κ3) is 3.81. The minimum Gasteiger partial charge on any atom is -0.481 e. The lowest BCUT2D eigenvalue weighted by molar-refractivity contribution is -0.144. The third-order valence-electron chi connectivity index (χ3n) is 3.43. The van der Waals surface area contributed by atoms with Gasteiger partial charge in [-0.05, 0) is 44.4 Å². The first-order valence-electron chi connectivity index (χ1n) is 6.83. The van der Waals surface area contributed by atoms with Crippen LogP contribution < -0.4 is 10.6 Å². The van der Waals surface area contributed by atoms with Gasteiger partial charge in [0.05, 0.1) is 0 Å². The molecule has 0 bridgehead atoms. The van der Waals surface area contributed by atoms with Crippen LogP contribution in [0.5, 0.6) is 0 Å². The first-order chi connectivity index (χ1) is 9.88. The van der Waals surface area contributed by atoms with E-state index >= 15 is 0 Å². The molecule has 0 unspecified atom stereocenters. The third-order valence-corrected chi connectivity index (χ3v) is 3.43. The molecule has 0 saturated heterocycles. The van der Waals surface area contributed by atoms with Gasteiger partial charge in [0.1, 0.15) is 5.92 Å². The minimum absolute atomic E-state index is 0.181. The van der Waals surface area contributed by atoms with Gasteiger partial charge in [-0.1, -0.05) is 6.07 Å². The van der Waals surface area contributed by atoms with Crippen molar-refractivity contribution < 1.29 is 19.5 Å². The number of aryl methyl sites for hydroxylation is 1. The Balaban J connectivity index is 2.12. The van der Waals surface area contributed by atoms with Crippen molar-refractivity contribution >= 4 is 23.5 Å². The monoisotopic (exact) mass is 290 g/mol. The number of nitrogens with one attached hydrogen (secondary N) is 2. The highest BCUT2D eigenvalue weighted by molar-refractivity contribution is 6.05. The van der Waals surface area contributed by atoms with E-state index in [2.05, 4.69) is 10.6 Å². The summed E-state index contributed by atoms with van der Waals surface area (Å²) < 4.78 is 0. The van der Waals surface area contributed by atoms with Crippen LogP contribution in [-0.4, -0.2) is 28.9 Å². The molecule has 0 aromatic heterocycles. The Hall–Kier alpha value is -2.37. The topological polar surface area (TPSA) is 95.5 Å². The Labute approximate surface area is 122 Å². The summed E-state index contributed by atoms with van der Waals surface area (Å²) in [4.78, 5) is 34.5. The second-order valence-corrected chi connectivity index (χ2v) is 5.33. The molecule has 6 nitrogen and oxygen atoms in total. The number of carboxylic acid groups (broad SMARTS) is 1. The summed E-state index contributed by atoms with van der Waals surface area (Å²) in [5.74, 6) is -3.12. The maximum Gasteiger partial charge on any atom is 0.315 e. The lowest BCUT2D eigenvalue weighted by Gasteiger charge is -2.12. The van der Waals surface area contributed by atoms with Gasteiger partial charge in [0.25, 0.3) is 5.91 Å². The van der Waals surface area contributed by atoms with E-state index in [9.17, 15) is 14.4 Å². The van der Waals surface area contributed by atoms with Crippen molar-refractivity contribution in [2.75, 3.05) is 5.32 Å². The molecule has 1 saturated carbocycles. The van der Waals surface area contributed by atoms with Crippen LogP contribution in [0.25, 0.3) is 0 Å². The maximum atomic E-state index is 12.0. The highest BCUT2D eigenvalue weighted by atomic mass is 16.4. The van der Waals surface area contributed by atoms with Gasteiger partial charge in [-0.25, -0.2) is 0 Å². The van der Waals surface area contributed by atoms with Crippen LogP contribution in [0.1, 0.15) is 35.7 Å². The van der Waals surface area contributed by atoms with E-state index in [1.54, 1.807) is 25.1 Å². The summed E-state index contributed by atoms with van der Waals surface area (Å²) in [5.41, 5.74) is 1.67. The summed E-state index contributed by atoms with van der Waals surface area (Å²) in [7, 11) is 0. The molecule has 2 rings (SSSR count). The summed E-state index contributed by atoms with van der Waals surface area (Å²) in [6.07, 6.45) is 1.99. The molecule has 1 aromatic carbocycles. The number of carbonyl (C=O) groups is 3. The van der Waals surface area contributed by atoms with Gasteiger partial charge in [-0.3, -0.25) is 14.4 Å². The van der Waals surface area contributed by atoms with Crippen molar-refractivity contribution in [1.82, 2.24) is 5.32 Å². The molecule has 112 valence electrons. The molecule has 1 atom stereocenters. The van der Waals surface area contributed by atoms with Crippen molar-refractivity contribution in [3.8, 4) is 0 Å². The molecule has 1 aromatic rings. The molecule has 0 aliphatic heterocycles. The van der Waals surface area contributed by atoms with Gasteiger partial charge in [0.15, 0.2) is 0 Å². The summed E-state index contributed by atoms with van der Waals surface area (Å²) in [5, 5.41) is 14.2. The predicted octanol–water partition coefficient (Wildman–Crippen LogP) is 1.55. The second kappa shape index (κ2) is 5.95. The van der Waals surface area contributed by atoms with Crippen LogP contribution in [0.4, 0.5) is 5.69 Å². The molecule has 1 fully saturated rings. The Morgan fingerprint density at radius 3 is 2.52 bits per heavy atom. The second-order valence-electron chi connectivity index (χ2n) is 5.33. The molecule has 0 heterocycles. The zero-order valence-electron chi connectivity index (χ0n) is 12.0. The highest BCUT2D eigenvalue weighted by Crippen LogP contribution is 2.21. The molecule has 1 aliphatic carbocycles. The summed E-state index contributed by atoms with van der Waals surface area (Å²) >= 11 is 0. The smallest absolute Gasteiger partial charge is 0.315 e. The van der Waals surface area contributed by atoms with E-state index in [4.69, 9.17) is 5.11 Å². The highest BCUT2D eigenvalue weighted by Gasteiger charge is 2.24. The van der Waals surface area contributed by atoms with E-state index in [0.717, 1.165) is 18.4 Å². The van der Waals surface area contributed by atoms with Crippen LogP contribution in [0, 0.1) is 12.8 Å². The normalized spacial score (nSPS) is 15.1. The SMILES string of the molecule is Cc1ccc(C(=O)NC2CC2)cc1NC(=O)[C@@H](C)C(=O)O. The van der Waals surface area contributed by atoms with Crippen LogP contribution in [0.2, 0.25) is 0 Å². The number of aliphatic carboxylic acids is 1. The fourth-order valence-corrected chi connectivity index (χ4v) is 1.75. The number of rotatable bonds is 5. The molecule has 6 heteroatoms. The number of anilines is 1. The van der Waals surface area contributed by atoms with Gasteiger partial charge in [-0.15, -0.1) is 0 Å². The average Bonchev–Trinajstić information content (AvgIpc) is 3.23. The Morgan fingerprint density at radius 2 is 1.95 bits per heavy atom. The minimum atomic E-state index is -1.19. The quantitative estimate of drug-likeness (QED) is 0.717. The average molecular weight is 290 g/mol. The summed E-state index contributed by atoms with van der Waals surface area (Å²) in [6.45, 7) is 3.10. The Morgan fingerprint density at radius 1 is 1.29 bits per heavy atom. The van der Waals surface area contributed by atoms with Crippen molar-refractivity contribution in [1.29, 1.82) is 0 Å². The number of carbonyl (C=O) groups excluding carboxylic acids is 2. The molecule has 0 spiro atoms. The molecule has 21 heavy (non-hydrogen) atoms. The molecule has 0 radical (unpaired) electrons. The van der Waals surface area contributed by atoms with Crippen molar-refractivity contribution in [3.05, 3.63) is 29.3 Å². The van der Waals surface area contributed by atoms with Crippen LogP contribution in [0.3, 0.4) is 0 Å². The van der Waals surface area contributed by atoms with Crippen molar-refractivity contribution in [3.63, 3.8) is 0 Å². The number of benzene rings is 1. The first-order valence-corrected chi connectivity index (χ1v) is 6.83. The van der Waals surface area contributed by atoms with E-state index < -0.39 is 17.8 Å². The van der Waals surface area contributed by atoms with Gasteiger partial charge < -0.3 is 15.7 Å². The lowest BCUT2D eigenvalue weighted by Crippen LogP contribution is -2.28.